The summed E-state index contributed by atoms with van der Waals surface area (Å²) < 4.78 is 5.23. The molecule has 0 saturated carbocycles. The third-order valence-electron chi connectivity index (χ3n) is 4.07. The molecule has 0 bridgehead atoms. The predicted octanol–water partition coefficient (Wildman–Crippen LogP) is 2.33. The molecule has 0 N–H and O–H groups in total. The van der Waals surface area contributed by atoms with E-state index in [1.54, 1.807) is 34.7 Å². The number of benzene rings is 1. The van der Waals surface area contributed by atoms with Gasteiger partial charge in [0.2, 0.25) is 11.7 Å². The van der Waals surface area contributed by atoms with E-state index in [0.29, 0.717) is 23.9 Å². The minimum Gasteiger partial charge on any atom is -0.350 e. The largest absolute Gasteiger partial charge is 0.350 e. The molecule has 7 heteroatoms. The van der Waals surface area contributed by atoms with Gasteiger partial charge in [0, 0.05) is 31.0 Å². The van der Waals surface area contributed by atoms with Crippen molar-refractivity contribution in [2.24, 2.45) is 0 Å². The van der Waals surface area contributed by atoms with Crippen LogP contribution in [-0.4, -0.2) is 58.0 Å². The quantitative estimate of drug-likeness (QED) is 0.851. The summed E-state index contributed by atoms with van der Waals surface area (Å²) in [7, 11) is 1.75. The summed E-state index contributed by atoms with van der Waals surface area (Å²) in [6.45, 7) is 2.53. The molecule has 0 unspecified atom stereocenters. The van der Waals surface area contributed by atoms with Crippen LogP contribution in [-0.2, 0) is 4.79 Å². The molecule has 2 heterocycles. The topological polar surface area (TPSA) is 66.7 Å². The van der Waals surface area contributed by atoms with E-state index >= 15 is 0 Å². The first kappa shape index (κ1) is 16.6. The van der Waals surface area contributed by atoms with Crippen LogP contribution in [0.4, 0.5) is 0 Å². The molecule has 1 aliphatic rings. The fraction of sp³-hybridized carbons (Fsp3) is 0.353. The lowest BCUT2D eigenvalue weighted by Gasteiger charge is -2.25. The molecule has 0 spiro atoms. The molecule has 1 fully saturated rings. The molecular formula is C17H19N3O3S. The van der Waals surface area contributed by atoms with Crippen LogP contribution in [0.25, 0.3) is 11.3 Å². The fourth-order valence-electron chi connectivity index (χ4n) is 2.52. The molecule has 6 nitrogen and oxygen atoms in total. The molecule has 3 rings (SSSR count). The highest BCUT2D eigenvalue weighted by Crippen LogP contribution is 2.26. The van der Waals surface area contributed by atoms with Crippen LogP contribution < -0.4 is 0 Å². The molecular weight excluding hydrogens is 326 g/mol. The molecule has 1 aromatic carbocycles. The molecule has 24 heavy (non-hydrogen) atoms. The van der Waals surface area contributed by atoms with Crippen molar-refractivity contribution in [3.8, 4) is 11.3 Å². The molecule has 1 aliphatic heterocycles. The van der Waals surface area contributed by atoms with Crippen molar-refractivity contribution < 1.29 is 14.1 Å². The van der Waals surface area contributed by atoms with Crippen molar-refractivity contribution in [2.75, 3.05) is 25.2 Å². The van der Waals surface area contributed by atoms with Crippen molar-refractivity contribution >= 4 is 23.6 Å². The van der Waals surface area contributed by atoms with Gasteiger partial charge in [-0.1, -0.05) is 35.5 Å². The van der Waals surface area contributed by atoms with Crippen LogP contribution in [0.15, 0.2) is 40.9 Å². The zero-order valence-electron chi connectivity index (χ0n) is 13.6. The van der Waals surface area contributed by atoms with E-state index in [1.165, 1.54) is 0 Å². The number of rotatable bonds is 4. The van der Waals surface area contributed by atoms with E-state index < -0.39 is 6.04 Å². The Morgan fingerprint density at radius 1 is 1.38 bits per heavy atom. The maximum atomic E-state index is 12.7. The standard InChI is InChI=1S/C17H19N3O3S/c1-3-19(2)16(21)14-10-24-11-20(14)17(22)15-9-13(18-23-15)12-7-5-4-6-8-12/h4-9,14H,3,10-11H2,1-2H3/t14-/m1/s1. The van der Waals surface area contributed by atoms with Gasteiger partial charge >= 0.3 is 0 Å². The third-order valence-corrected chi connectivity index (χ3v) is 5.08. The van der Waals surface area contributed by atoms with Gasteiger partial charge in [0.25, 0.3) is 5.91 Å². The zero-order chi connectivity index (χ0) is 17.1. The average Bonchev–Trinajstić information content (AvgIpc) is 3.30. The summed E-state index contributed by atoms with van der Waals surface area (Å²) in [5.41, 5.74) is 1.49. The van der Waals surface area contributed by atoms with Crippen molar-refractivity contribution in [2.45, 2.75) is 13.0 Å². The summed E-state index contributed by atoms with van der Waals surface area (Å²) in [6.07, 6.45) is 0. The normalized spacial score (nSPS) is 17.1. The third kappa shape index (κ3) is 3.17. The molecule has 2 amide bonds. The van der Waals surface area contributed by atoms with Crippen LogP contribution >= 0.6 is 11.8 Å². The Hall–Kier alpha value is -2.28. The van der Waals surface area contributed by atoms with Gasteiger partial charge < -0.3 is 14.3 Å². The minimum atomic E-state index is -0.447. The number of nitrogens with zero attached hydrogens (tertiary/aromatic N) is 3. The van der Waals surface area contributed by atoms with Gasteiger partial charge in [0.15, 0.2) is 0 Å². The second-order valence-electron chi connectivity index (χ2n) is 5.59. The lowest BCUT2D eigenvalue weighted by atomic mass is 10.1. The lowest BCUT2D eigenvalue weighted by molar-refractivity contribution is -0.133. The number of hydrogen-bond donors (Lipinski definition) is 0. The Morgan fingerprint density at radius 2 is 2.12 bits per heavy atom. The van der Waals surface area contributed by atoms with Crippen LogP contribution in [0.2, 0.25) is 0 Å². The second kappa shape index (κ2) is 7.09. The molecule has 1 aromatic heterocycles. The van der Waals surface area contributed by atoms with E-state index in [4.69, 9.17) is 4.52 Å². The van der Waals surface area contributed by atoms with Crippen LogP contribution in [0.1, 0.15) is 17.5 Å². The Labute approximate surface area is 144 Å². The summed E-state index contributed by atoms with van der Waals surface area (Å²) in [5.74, 6) is 0.910. The van der Waals surface area contributed by atoms with Crippen LogP contribution in [0, 0.1) is 0 Å². The highest BCUT2D eigenvalue weighted by Gasteiger charge is 2.37. The number of carbonyl (C=O) groups is 2. The second-order valence-corrected chi connectivity index (χ2v) is 6.59. The fourth-order valence-corrected chi connectivity index (χ4v) is 3.67. The van der Waals surface area contributed by atoms with Crippen molar-refractivity contribution in [3.63, 3.8) is 0 Å². The summed E-state index contributed by atoms with van der Waals surface area (Å²) >= 11 is 1.57. The number of carbonyl (C=O) groups excluding carboxylic acids is 2. The smallest absolute Gasteiger partial charge is 0.293 e. The minimum absolute atomic E-state index is 0.0429. The summed E-state index contributed by atoms with van der Waals surface area (Å²) in [4.78, 5) is 28.3. The van der Waals surface area contributed by atoms with Gasteiger partial charge in [-0.15, -0.1) is 11.8 Å². The predicted molar refractivity (Wildman–Crippen MR) is 92.5 cm³/mol. The van der Waals surface area contributed by atoms with Crippen molar-refractivity contribution in [1.82, 2.24) is 15.0 Å². The average molecular weight is 345 g/mol. The van der Waals surface area contributed by atoms with E-state index in [1.807, 2.05) is 37.3 Å². The van der Waals surface area contributed by atoms with Gasteiger partial charge in [-0.2, -0.15) is 0 Å². The van der Waals surface area contributed by atoms with Crippen LogP contribution in [0.5, 0.6) is 0 Å². The van der Waals surface area contributed by atoms with E-state index in [2.05, 4.69) is 5.16 Å². The Kier molecular flexibility index (Phi) is 4.89. The molecule has 1 saturated heterocycles. The molecule has 126 valence electrons. The first-order valence-corrected chi connectivity index (χ1v) is 8.93. The number of thioether (sulfide) groups is 1. The van der Waals surface area contributed by atoms with Crippen molar-refractivity contribution in [3.05, 3.63) is 42.2 Å². The Balaban J connectivity index is 1.79. The summed E-state index contributed by atoms with van der Waals surface area (Å²) in [5, 5.41) is 3.98. The number of amides is 2. The van der Waals surface area contributed by atoms with E-state index in [0.717, 1.165) is 5.56 Å². The zero-order valence-corrected chi connectivity index (χ0v) is 14.5. The SMILES string of the molecule is CCN(C)C(=O)[C@H]1CSCN1C(=O)c1cc(-c2ccccc2)no1. The van der Waals surface area contributed by atoms with Gasteiger partial charge in [0.1, 0.15) is 11.7 Å². The van der Waals surface area contributed by atoms with E-state index in [9.17, 15) is 9.59 Å². The highest BCUT2D eigenvalue weighted by molar-refractivity contribution is 7.99. The van der Waals surface area contributed by atoms with Gasteiger partial charge in [-0.3, -0.25) is 9.59 Å². The molecule has 0 aliphatic carbocycles. The maximum absolute atomic E-state index is 12.7. The number of hydrogen-bond acceptors (Lipinski definition) is 5. The van der Waals surface area contributed by atoms with E-state index in [-0.39, 0.29) is 17.6 Å². The highest BCUT2D eigenvalue weighted by atomic mass is 32.2. The molecule has 1 atom stereocenters. The van der Waals surface area contributed by atoms with Crippen molar-refractivity contribution in [1.29, 1.82) is 0 Å². The van der Waals surface area contributed by atoms with Gasteiger partial charge in [-0.05, 0) is 6.92 Å². The number of likely N-dealkylation sites (N-methyl/N-ethyl adjacent to an activating group) is 1. The maximum Gasteiger partial charge on any atom is 0.293 e. The lowest BCUT2D eigenvalue weighted by Crippen LogP contribution is -2.47. The number of aromatic nitrogens is 1. The van der Waals surface area contributed by atoms with Gasteiger partial charge in [-0.25, -0.2) is 0 Å². The Morgan fingerprint density at radius 3 is 2.83 bits per heavy atom. The van der Waals surface area contributed by atoms with Crippen LogP contribution in [0.3, 0.4) is 0 Å². The van der Waals surface area contributed by atoms with Gasteiger partial charge in [0.05, 0.1) is 5.88 Å². The molecule has 2 aromatic rings. The first-order chi connectivity index (χ1) is 11.6. The molecule has 0 radical (unpaired) electrons. The monoisotopic (exact) mass is 345 g/mol. The summed E-state index contributed by atoms with van der Waals surface area (Å²) in [6, 6.07) is 10.7. The Bertz CT molecular complexity index is 732. The first-order valence-electron chi connectivity index (χ1n) is 7.77.